The summed E-state index contributed by atoms with van der Waals surface area (Å²) in [5, 5.41) is 0.311. The highest BCUT2D eigenvalue weighted by atomic mass is 28.4. The van der Waals surface area contributed by atoms with Gasteiger partial charge in [-0.05, 0) is 64.1 Å². The van der Waals surface area contributed by atoms with E-state index in [9.17, 15) is 0 Å². The lowest BCUT2D eigenvalue weighted by Crippen LogP contribution is -2.43. The normalized spacial score (nSPS) is 24.1. The third-order valence-electron chi connectivity index (χ3n) is 5.70. The van der Waals surface area contributed by atoms with Gasteiger partial charge in [0.05, 0.1) is 11.7 Å². The second-order valence-electron chi connectivity index (χ2n) is 9.51. The van der Waals surface area contributed by atoms with Gasteiger partial charge in [-0.2, -0.15) is 0 Å². The molecule has 0 aliphatic carbocycles. The van der Waals surface area contributed by atoms with E-state index in [1.54, 1.807) is 0 Å². The molecule has 2 unspecified atom stereocenters. The number of hydrogen-bond acceptors (Lipinski definition) is 2. The van der Waals surface area contributed by atoms with Crippen LogP contribution in [0.3, 0.4) is 0 Å². The summed E-state index contributed by atoms with van der Waals surface area (Å²) in [4.78, 5) is 0. The van der Waals surface area contributed by atoms with Crippen LogP contribution in [0.2, 0.25) is 18.1 Å². The topological polar surface area (TPSA) is 21.8 Å². The molecule has 0 N–H and O–H groups in total. The third kappa shape index (κ3) is 6.33. The molecule has 3 heteroatoms. The Labute approximate surface area is 140 Å². The average molecular weight is 329 g/mol. The Morgan fingerprint density at radius 3 is 2.09 bits per heavy atom. The van der Waals surface area contributed by atoms with Gasteiger partial charge in [-0.1, -0.05) is 40.5 Å². The summed E-state index contributed by atoms with van der Waals surface area (Å²) in [5.74, 6) is 0.806. The van der Waals surface area contributed by atoms with Crippen LogP contribution in [-0.4, -0.2) is 26.1 Å². The number of rotatable bonds is 9. The van der Waals surface area contributed by atoms with Crippen molar-refractivity contribution in [3.63, 3.8) is 0 Å². The van der Waals surface area contributed by atoms with E-state index in [4.69, 9.17) is 9.16 Å². The summed E-state index contributed by atoms with van der Waals surface area (Å²) >= 11 is 0. The molecule has 1 aliphatic heterocycles. The van der Waals surface area contributed by atoms with E-state index < -0.39 is 8.32 Å². The van der Waals surface area contributed by atoms with Crippen molar-refractivity contribution in [2.24, 2.45) is 5.92 Å². The summed E-state index contributed by atoms with van der Waals surface area (Å²) < 4.78 is 12.1. The Bertz CT molecular complexity index is 344. The Balaban J connectivity index is 2.15. The highest BCUT2D eigenvalue weighted by molar-refractivity contribution is 6.74. The van der Waals surface area contributed by atoms with Crippen molar-refractivity contribution < 1.29 is 9.16 Å². The van der Waals surface area contributed by atoms with Gasteiger partial charge in [-0.25, -0.2) is 0 Å². The van der Waals surface area contributed by atoms with Gasteiger partial charge in [0.1, 0.15) is 0 Å². The lowest BCUT2D eigenvalue weighted by Gasteiger charge is -2.38. The largest absolute Gasteiger partial charge is 0.414 e. The predicted octanol–water partition coefficient (Wildman–Crippen LogP) is 6.16. The zero-order chi connectivity index (χ0) is 17.2. The Hall–Kier alpha value is 0.137. The lowest BCUT2D eigenvalue weighted by atomic mass is 9.95. The van der Waals surface area contributed by atoms with E-state index in [-0.39, 0.29) is 5.60 Å². The van der Waals surface area contributed by atoms with E-state index >= 15 is 0 Å². The van der Waals surface area contributed by atoms with E-state index in [1.807, 2.05) is 0 Å². The standard InChI is InChI=1S/C19H40O2Si/c1-15(13-14-17-19(6,7)20-17)11-10-12-16(2)21-22(8,9)18(3,4)5/h15-17H,10-14H2,1-9H3/t15?,16?,17-/m0/s1. The molecule has 1 aliphatic rings. The van der Waals surface area contributed by atoms with Crippen molar-refractivity contribution in [1.82, 2.24) is 0 Å². The fourth-order valence-corrected chi connectivity index (χ4v) is 4.29. The van der Waals surface area contributed by atoms with Crippen LogP contribution in [-0.2, 0) is 9.16 Å². The molecule has 0 aromatic carbocycles. The monoisotopic (exact) mass is 328 g/mol. The maximum absolute atomic E-state index is 6.44. The van der Waals surface area contributed by atoms with Crippen LogP contribution >= 0.6 is 0 Å². The first-order chi connectivity index (χ1) is 9.85. The van der Waals surface area contributed by atoms with Gasteiger partial charge in [0, 0.05) is 6.10 Å². The van der Waals surface area contributed by atoms with Gasteiger partial charge < -0.3 is 9.16 Å². The molecule has 2 nitrogen and oxygen atoms in total. The molecule has 1 rings (SSSR count). The molecule has 0 aromatic rings. The number of ether oxygens (including phenoxy) is 1. The molecule has 0 saturated carbocycles. The zero-order valence-electron chi connectivity index (χ0n) is 16.6. The first kappa shape index (κ1) is 20.2. The molecule has 1 heterocycles. The van der Waals surface area contributed by atoms with E-state index in [2.05, 4.69) is 61.6 Å². The van der Waals surface area contributed by atoms with Crippen LogP contribution in [0, 0.1) is 5.92 Å². The SMILES string of the molecule is CC(CCCC(C)O[Si](C)(C)C(C)(C)C)CC[C@@H]1OC1(C)C. The first-order valence-corrected chi connectivity index (χ1v) is 12.1. The fourth-order valence-electron chi connectivity index (χ4n) is 2.81. The number of hydrogen-bond donors (Lipinski definition) is 0. The molecular formula is C19H40O2Si. The predicted molar refractivity (Wildman–Crippen MR) is 98.9 cm³/mol. The zero-order valence-corrected chi connectivity index (χ0v) is 17.6. The molecule has 0 radical (unpaired) electrons. The minimum Gasteiger partial charge on any atom is -0.414 e. The number of epoxide rings is 1. The molecule has 0 amide bonds. The molecule has 22 heavy (non-hydrogen) atoms. The van der Waals surface area contributed by atoms with Crippen LogP contribution in [0.15, 0.2) is 0 Å². The maximum Gasteiger partial charge on any atom is 0.192 e. The Kier molecular flexibility index (Phi) is 6.75. The second-order valence-corrected chi connectivity index (χ2v) is 14.3. The van der Waals surface area contributed by atoms with Gasteiger partial charge in [0.2, 0.25) is 0 Å². The van der Waals surface area contributed by atoms with Gasteiger partial charge in [-0.3, -0.25) is 0 Å². The van der Waals surface area contributed by atoms with Gasteiger partial charge in [0.15, 0.2) is 8.32 Å². The maximum atomic E-state index is 6.44. The van der Waals surface area contributed by atoms with Crippen molar-refractivity contribution >= 4 is 8.32 Å². The summed E-state index contributed by atoms with van der Waals surface area (Å²) in [7, 11) is -1.60. The molecular weight excluding hydrogens is 288 g/mol. The minimum absolute atomic E-state index is 0.158. The van der Waals surface area contributed by atoms with Crippen molar-refractivity contribution in [2.45, 2.75) is 117 Å². The van der Waals surface area contributed by atoms with Crippen LogP contribution in [0.1, 0.15) is 80.6 Å². The first-order valence-electron chi connectivity index (χ1n) is 9.21. The smallest absolute Gasteiger partial charge is 0.192 e. The highest BCUT2D eigenvalue weighted by Gasteiger charge is 2.46. The molecule has 1 fully saturated rings. The van der Waals surface area contributed by atoms with E-state index in [0.29, 0.717) is 17.2 Å². The molecule has 1 saturated heterocycles. The third-order valence-corrected chi connectivity index (χ3v) is 10.3. The molecule has 3 atom stereocenters. The molecule has 0 bridgehead atoms. The summed E-state index contributed by atoms with van der Waals surface area (Å²) in [6.07, 6.45) is 7.23. The summed E-state index contributed by atoms with van der Waals surface area (Å²) in [6, 6.07) is 0. The lowest BCUT2D eigenvalue weighted by molar-refractivity contribution is 0.183. The van der Waals surface area contributed by atoms with Crippen LogP contribution < -0.4 is 0 Å². The van der Waals surface area contributed by atoms with Crippen molar-refractivity contribution in [3.05, 3.63) is 0 Å². The Morgan fingerprint density at radius 1 is 1.09 bits per heavy atom. The van der Waals surface area contributed by atoms with E-state index in [1.165, 1.54) is 32.1 Å². The molecule has 0 spiro atoms. The van der Waals surface area contributed by atoms with Gasteiger partial charge in [0.25, 0.3) is 0 Å². The van der Waals surface area contributed by atoms with Crippen LogP contribution in [0.5, 0.6) is 0 Å². The average Bonchev–Trinajstić information content (AvgIpc) is 2.92. The summed E-state index contributed by atoms with van der Waals surface area (Å²) in [6.45, 7) is 20.7. The van der Waals surface area contributed by atoms with Crippen molar-refractivity contribution in [3.8, 4) is 0 Å². The quantitative estimate of drug-likeness (QED) is 0.373. The van der Waals surface area contributed by atoms with Crippen LogP contribution in [0.25, 0.3) is 0 Å². The molecule has 0 aromatic heterocycles. The Morgan fingerprint density at radius 2 is 1.64 bits per heavy atom. The van der Waals surface area contributed by atoms with Gasteiger partial charge in [-0.15, -0.1) is 0 Å². The van der Waals surface area contributed by atoms with Crippen LogP contribution in [0.4, 0.5) is 0 Å². The summed E-state index contributed by atoms with van der Waals surface area (Å²) in [5.41, 5.74) is 0.158. The van der Waals surface area contributed by atoms with E-state index in [0.717, 1.165) is 5.92 Å². The highest BCUT2D eigenvalue weighted by Crippen LogP contribution is 2.39. The van der Waals surface area contributed by atoms with Crippen molar-refractivity contribution in [2.75, 3.05) is 0 Å². The second kappa shape index (κ2) is 7.35. The van der Waals surface area contributed by atoms with Gasteiger partial charge >= 0.3 is 0 Å². The minimum atomic E-state index is -1.60. The molecule has 132 valence electrons. The van der Waals surface area contributed by atoms with Crippen molar-refractivity contribution in [1.29, 1.82) is 0 Å². The fraction of sp³-hybridized carbons (Fsp3) is 1.00.